The highest BCUT2D eigenvalue weighted by Gasteiger charge is 2.20. The number of benzene rings is 8. The Kier molecular flexibility index (Phi) is 5.65. The second kappa shape index (κ2) is 10.5. The van der Waals surface area contributed by atoms with Gasteiger partial charge >= 0.3 is 0 Å². The average molecular weight is 681 g/mol. The van der Waals surface area contributed by atoms with Gasteiger partial charge in [-0.1, -0.05) is 97.1 Å². The van der Waals surface area contributed by atoms with Crippen molar-refractivity contribution in [1.82, 2.24) is 9.13 Å². The van der Waals surface area contributed by atoms with Crippen LogP contribution in [0.3, 0.4) is 0 Å². The molecule has 4 heterocycles. The highest BCUT2D eigenvalue weighted by molar-refractivity contribution is 7.26. The molecule has 0 N–H and O–H groups in total. The first-order valence-corrected chi connectivity index (χ1v) is 18.5. The quantitative estimate of drug-likeness (QED) is 0.182. The number of hydrogen-bond donors (Lipinski definition) is 0. The standard InChI is InChI=1S/C48H28N2OS/c1-3-11-31(12-4-1)49-40-23-20-29(25-39(40)47-41(49)24-22-36-35-16-8-10-18-46(35)52-48(36)47)30-19-21-33-37-28-45-38(34-15-7-9-17-44(34)51-45)27-43(37)50(42(33)26-30)32-13-5-2-6-14-32/h1-28H. The molecule has 12 rings (SSSR count). The van der Waals surface area contributed by atoms with E-state index in [-0.39, 0.29) is 0 Å². The third-order valence-corrected chi connectivity index (χ3v) is 12.1. The highest BCUT2D eigenvalue weighted by Crippen LogP contribution is 2.45. The molecule has 0 spiro atoms. The number of furan rings is 1. The Balaban J connectivity index is 1.14. The molecule has 4 aromatic heterocycles. The number of para-hydroxylation sites is 3. The lowest BCUT2D eigenvalue weighted by Gasteiger charge is -2.10. The lowest BCUT2D eigenvalue weighted by molar-refractivity contribution is 0.669. The SMILES string of the molecule is c1ccc(-n2c3cc(-c4ccc5c(c4)c4c6sc7ccccc7c6ccc4n5-c4ccccc4)ccc3c3cc4oc5ccccc5c4cc32)cc1. The summed E-state index contributed by atoms with van der Waals surface area (Å²) in [6.07, 6.45) is 0. The second-order valence-corrected chi connectivity index (χ2v) is 14.8. The van der Waals surface area contributed by atoms with Crippen molar-refractivity contribution in [1.29, 1.82) is 0 Å². The van der Waals surface area contributed by atoms with Gasteiger partial charge in [-0.15, -0.1) is 11.3 Å². The largest absolute Gasteiger partial charge is 0.456 e. The van der Waals surface area contributed by atoms with Crippen LogP contribution in [0.25, 0.3) is 108 Å². The topological polar surface area (TPSA) is 23.0 Å². The van der Waals surface area contributed by atoms with Gasteiger partial charge in [0.05, 0.1) is 22.1 Å². The second-order valence-electron chi connectivity index (χ2n) is 13.7. The molecule has 0 fully saturated rings. The zero-order valence-electron chi connectivity index (χ0n) is 27.9. The maximum absolute atomic E-state index is 6.37. The van der Waals surface area contributed by atoms with Crippen LogP contribution in [0.5, 0.6) is 0 Å². The number of thiophene rings is 1. The van der Waals surface area contributed by atoms with Crippen LogP contribution < -0.4 is 0 Å². The lowest BCUT2D eigenvalue weighted by atomic mass is 10.0. The molecule has 52 heavy (non-hydrogen) atoms. The summed E-state index contributed by atoms with van der Waals surface area (Å²) in [5.41, 5.74) is 11.3. The molecule has 0 amide bonds. The number of nitrogens with zero attached hydrogens (tertiary/aromatic N) is 2. The van der Waals surface area contributed by atoms with Crippen molar-refractivity contribution in [2.45, 2.75) is 0 Å². The molecule has 4 heteroatoms. The van der Waals surface area contributed by atoms with Crippen LogP contribution in [0, 0.1) is 0 Å². The molecular weight excluding hydrogens is 653 g/mol. The first-order chi connectivity index (χ1) is 25.8. The number of rotatable bonds is 3. The molecule has 0 saturated heterocycles. The van der Waals surface area contributed by atoms with Gasteiger partial charge < -0.3 is 13.6 Å². The monoisotopic (exact) mass is 680 g/mol. The van der Waals surface area contributed by atoms with Crippen molar-refractivity contribution in [2.24, 2.45) is 0 Å². The number of aromatic nitrogens is 2. The van der Waals surface area contributed by atoms with Crippen LogP contribution in [0.4, 0.5) is 0 Å². The minimum atomic E-state index is 0.915. The summed E-state index contributed by atoms with van der Waals surface area (Å²) < 4.78 is 13.9. The van der Waals surface area contributed by atoms with Gasteiger partial charge in [0.1, 0.15) is 11.2 Å². The summed E-state index contributed by atoms with van der Waals surface area (Å²) >= 11 is 1.90. The molecule has 0 bridgehead atoms. The summed E-state index contributed by atoms with van der Waals surface area (Å²) in [4.78, 5) is 0. The molecular formula is C48H28N2OS. The van der Waals surface area contributed by atoms with Crippen molar-refractivity contribution in [3.63, 3.8) is 0 Å². The first-order valence-electron chi connectivity index (χ1n) is 17.7. The van der Waals surface area contributed by atoms with Crippen LogP contribution in [0.15, 0.2) is 174 Å². The van der Waals surface area contributed by atoms with Gasteiger partial charge in [0.2, 0.25) is 0 Å². The maximum atomic E-state index is 6.37. The summed E-state index contributed by atoms with van der Waals surface area (Å²) in [6.45, 7) is 0. The summed E-state index contributed by atoms with van der Waals surface area (Å²) in [6, 6.07) is 61.7. The van der Waals surface area contributed by atoms with Gasteiger partial charge in [-0.2, -0.15) is 0 Å². The van der Waals surface area contributed by atoms with Crippen molar-refractivity contribution < 1.29 is 4.42 Å². The van der Waals surface area contributed by atoms with Crippen LogP contribution in [0.2, 0.25) is 0 Å². The number of fused-ring (bicyclic) bond motifs is 13. The van der Waals surface area contributed by atoms with E-state index in [1.807, 2.05) is 17.4 Å². The number of hydrogen-bond acceptors (Lipinski definition) is 2. The summed E-state index contributed by atoms with van der Waals surface area (Å²) in [5, 5.41) is 9.89. The maximum Gasteiger partial charge on any atom is 0.136 e. The Morgan fingerprint density at radius 3 is 1.83 bits per heavy atom. The molecule has 0 aliphatic rings. The minimum absolute atomic E-state index is 0.915. The van der Waals surface area contributed by atoms with Crippen LogP contribution in [0.1, 0.15) is 0 Å². The molecule has 242 valence electrons. The van der Waals surface area contributed by atoms with Gasteiger partial charge in [-0.05, 0) is 83.9 Å². The summed E-state index contributed by atoms with van der Waals surface area (Å²) in [5.74, 6) is 0. The first kappa shape index (κ1) is 28.1. The lowest BCUT2D eigenvalue weighted by Crippen LogP contribution is -1.93. The molecule has 0 unspecified atom stereocenters. The Hall–Kier alpha value is -6.62. The van der Waals surface area contributed by atoms with E-state index in [0.717, 1.165) is 27.6 Å². The van der Waals surface area contributed by atoms with Gasteiger partial charge in [-0.3, -0.25) is 0 Å². The smallest absolute Gasteiger partial charge is 0.136 e. The van der Waals surface area contributed by atoms with E-state index in [0.29, 0.717) is 0 Å². The third kappa shape index (κ3) is 3.84. The van der Waals surface area contributed by atoms with Crippen LogP contribution in [-0.4, -0.2) is 9.13 Å². The van der Waals surface area contributed by atoms with Crippen molar-refractivity contribution in [2.75, 3.05) is 0 Å². The minimum Gasteiger partial charge on any atom is -0.456 e. The predicted octanol–water partition coefficient (Wildman–Crippen LogP) is 13.8. The fraction of sp³-hybridized carbons (Fsp3) is 0. The molecule has 0 aliphatic heterocycles. The van der Waals surface area contributed by atoms with Gasteiger partial charge in [-0.25, -0.2) is 0 Å². The van der Waals surface area contributed by atoms with E-state index >= 15 is 0 Å². The molecule has 0 saturated carbocycles. The molecule has 8 aromatic carbocycles. The van der Waals surface area contributed by atoms with Gasteiger partial charge in [0.25, 0.3) is 0 Å². The summed E-state index contributed by atoms with van der Waals surface area (Å²) in [7, 11) is 0. The van der Waals surface area contributed by atoms with Crippen molar-refractivity contribution in [3.8, 4) is 22.5 Å². The van der Waals surface area contributed by atoms with E-state index in [4.69, 9.17) is 4.42 Å². The zero-order valence-corrected chi connectivity index (χ0v) is 28.7. The van der Waals surface area contributed by atoms with E-state index in [9.17, 15) is 0 Å². The molecule has 3 nitrogen and oxygen atoms in total. The fourth-order valence-corrected chi connectivity index (χ4v) is 9.85. The van der Waals surface area contributed by atoms with E-state index in [1.165, 1.54) is 80.6 Å². The Labute approximate surface area is 301 Å². The van der Waals surface area contributed by atoms with E-state index in [1.54, 1.807) is 0 Å². The predicted molar refractivity (Wildman–Crippen MR) is 221 cm³/mol. The van der Waals surface area contributed by atoms with Crippen molar-refractivity contribution in [3.05, 3.63) is 170 Å². The Morgan fingerprint density at radius 2 is 1.00 bits per heavy atom. The average Bonchev–Trinajstić information content (AvgIpc) is 3.94. The van der Waals surface area contributed by atoms with Gasteiger partial charge in [0, 0.05) is 63.9 Å². The molecule has 0 atom stereocenters. The molecule has 0 aliphatic carbocycles. The van der Waals surface area contributed by atoms with Crippen molar-refractivity contribution >= 4 is 97.1 Å². The van der Waals surface area contributed by atoms with Gasteiger partial charge in [0.15, 0.2) is 0 Å². The van der Waals surface area contributed by atoms with Crippen LogP contribution >= 0.6 is 11.3 Å². The highest BCUT2D eigenvalue weighted by atomic mass is 32.1. The normalized spacial score (nSPS) is 12.2. The third-order valence-electron chi connectivity index (χ3n) is 10.9. The van der Waals surface area contributed by atoms with E-state index in [2.05, 4.69) is 173 Å². The van der Waals surface area contributed by atoms with Crippen LogP contribution in [-0.2, 0) is 0 Å². The Morgan fingerprint density at radius 1 is 0.365 bits per heavy atom. The fourth-order valence-electron chi connectivity index (χ4n) is 8.59. The molecule has 0 radical (unpaired) electrons. The Bertz CT molecular complexity index is 3400. The molecule has 12 aromatic rings. The van der Waals surface area contributed by atoms with E-state index < -0.39 is 0 Å². The zero-order chi connectivity index (χ0) is 33.9.